The summed E-state index contributed by atoms with van der Waals surface area (Å²) in [6.07, 6.45) is 0. The molecule has 148 valence electrons. The highest BCUT2D eigenvalue weighted by molar-refractivity contribution is 6.30. The van der Waals surface area contributed by atoms with E-state index in [0.29, 0.717) is 23.0 Å². The first-order chi connectivity index (χ1) is 14.6. The fourth-order valence-corrected chi connectivity index (χ4v) is 4.09. The van der Waals surface area contributed by atoms with Gasteiger partial charge in [-0.25, -0.2) is 4.39 Å². The largest absolute Gasteiger partial charge is 0.322 e. The van der Waals surface area contributed by atoms with Crippen LogP contribution in [0.4, 0.5) is 4.39 Å². The number of nitrogens with one attached hydrogen (secondary N) is 1. The first-order valence-electron chi connectivity index (χ1n) is 9.56. The minimum absolute atomic E-state index is 0.129. The van der Waals surface area contributed by atoms with E-state index in [2.05, 4.69) is 10.2 Å². The maximum atomic E-state index is 13.6. The van der Waals surface area contributed by atoms with Crippen molar-refractivity contribution in [3.05, 3.63) is 112 Å². The predicted octanol–water partition coefficient (Wildman–Crippen LogP) is 5.61. The van der Waals surface area contributed by atoms with Crippen LogP contribution in [0.25, 0.3) is 11.3 Å². The molecule has 5 rings (SSSR count). The second-order valence-corrected chi connectivity index (χ2v) is 7.68. The summed E-state index contributed by atoms with van der Waals surface area (Å²) in [5.74, 6) is -0.445. The van der Waals surface area contributed by atoms with Crippen LogP contribution in [-0.2, 0) is 6.54 Å². The highest BCUT2D eigenvalue weighted by Gasteiger charge is 2.42. The number of carbonyl (C=O) groups is 1. The molecule has 1 amide bonds. The van der Waals surface area contributed by atoms with Crippen molar-refractivity contribution < 1.29 is 9.18 Å². The average molecular weight is 418 g/mol. The van der Waals surface area contributed by atoms with Crippen LogP contribution in [-0.4, -0.2) is 21.0 Å². The third kappa shape index (κ3) is 3.17. The van der Waals surface area contributed by atoms with Crippen molar-refractivity contribution in [1.29, 1.82) is 0 Å². The molecule has 1 unspecified atom stereocenters. The van der Waals surface area contributed by atoms with Crippen molar-refractivity contribution in [2.45, 2.75) is 12.6 Å². The molecular formula is C24H17ClFN3O. The van der Waals surface area contributed by atoms with E-state index in [-0.39, 0.29) is 17.8 Å². The van der Waals surface area contributed by atoms with Gasteiger partial charge in [0.2, 0.25) is 0 Å². The van der Waals surface area contributed by atoms with Crippen molar-refractivity contribution in [2.75, 3.05) is 0 Å². The number of aromatic nitrogens is 2. The third-order valence-electron chi connectivity index (χ3n) is 5.36. The molecule has 1 aromatic heterocycles. The van der Waals surface area contributed by atoms with Crippen molar-refractivity contribution in [3.63, 3.8) is 0 Å². The Balaban J connectivity index is 1.64. The number of benzene rings is 3. The molecule has 3 aromatic carbocycles. The number of halogens is 2. The van der Waals surface area contributed by atoms with Gasteiger partial charge in [0.15, 0.2) is 0 Å². The standard InChI is InChI=1S/C24H17ClFN3O/c25-18-10-6-16(7-11-18)21-20-22(28-27-21)24(30)29(14-15-4-2-1-3-5-15)23(20)17-8-12-19(26)13-9-17/h1-13,23H,14H2,(H,27,28). The summed E-state index contributed by atoms with van der Waals surface area (Å²) in [6.45, 7) is 0.435. The summed E-state index contributed by atoms with van der Waals surface area (Å²) in [7, 11) is 0. The molecule has 1 N–H and O–H groups in total. The number of rotatable bonds is 4. The maximum Gasteiger partial charge on any atom is 0.273 e. The van der Waals surface area contributed by atoms with Crippen molar-refractivity contribution >= 4 is 17.5 Å². The lowest BCUT2D eigenvalue weighted by Crippen LogP contribution is -2.29. The fourth-order valence-electron chi connectivity index (χ4n) is 3.96. The Hall–Kier alpha value is -3.44. The lowest BCUT2D eigenvalue weighted by molar-refractivity contribution is 0.0730. The Bertz CT molecular complexity index is 1200. The highest BCUT2D eigenvalue weighted by atomic mass is 35.5. The number of aromatic amines is 1. The molecule has 6 heteroatoms. The van der Waals surface area contributed by atoms with Crippen molar-refractivity contribution in [1.82, 2.24) is 15.1 Å². The van der Waals surface area contributed by atoms with Gasteiger partial charge in [0.25, 0.3) is 5.91 Å². The quantitative estimate of drug-likeness (QED) is 0.469. The third-order valence-corrected chi connectivity index (χ3v) is 5.61. The Morgan fingerprint density at radius 2 is 1.67 bits per heavy atom. The van der Waals surface area contributed by atoms with Gasteiger partial charge >= 0.3 is 0 Å². The zero-order chi connectivity index (χ0) is 20.7. The van der Waals surface area contributed by atoms with Crippen molar-refractivity contribution in [3.8, 4) is 11.3 Å². The molecule has 1 aliphatic rings. The molecule has 0 spiro atoms. The number of hydrogen-bond donors (Lipinski definition) is 1. The van der Waals surface area contributed by atoms with Crippen LogP contribution in [0.15, 0.2) is 78.9 Å². The van der Waals surface area contributed by atoms with Gasteiger partial charge in [0, 0.05) is 22.7 Å². The molecule has 0 saturated heterocycles. The van der Waals surface area contributed by atoms with E-state index in [9.17, 15) is 9.18 Å². The fraction of sp³-hybridized carbons (Fsp3) is 0.0833. The van der Waals surface area contributed by atoms with Crippen LogP contribution >= 0.6 is 11.6 Å². The first-order valence-corrected chi connectivity index (χ1v) is 9.94. The average Bonchev–Trinajstić information content (AvgIpc) is 3.30. The van der Waals surface area contributed by atoms with E-state index in [1.165, 1.54) is 12.1 Å². The van der Waals surface area contributed by atoms with Gasteiger partial charge in [0.05, 0.1) is 11.7 Å². The molecule has 1 aliphatic heterocycles. The van der Waals surface area contributed by atoms with E-state index in [1.54, 1.807) is 29.2 Å². The molecule has 0 fully saturated rings. The second-order valence-electron chi connectivity index (χ2n) is 7.24. The molecule has 0 radical (unpaired) electrons. The summed E-state index contributed by atoms with van der Waals surface area (Å²) in [5, 5.41) is 7.99. The Morgan fingerprint density at radius 1 is 0.967 bits per heavy atom. The minimum Gasteiger partial charge on any atom is -0.322 e. The maximum absolute atomic E-state index is 13.6. The predicted molar refractivity (Wildman–Crippen MR) is 114 cm³/mol. The molecule has 2 heterocycles. The van der Waals surface area contributed by atoms with Gasteiger partial charge in [-0.15, -0.1) is 0 Å². The van der Waals surface area contributed by atoms with E-state index < -0.39 is 0 Å². The first kappa shape index (κ1) is 18.6. The molecule has 30 heavy (non-hydrogen) atoms. The Morgan fingerprint density at radius 3 is 2.37 bits per heavy atom. The topological polar surface area (TPSA) is 49.0 Å². The molecule has 4 nitrogen and oxygen atoms in total. The number of hydrogen-bond acceptors (Lipinski definition) is 2. The van der Waals surface area contributed by atoms with Gasteiger partial charge < -0.3 is 4.90 Å². The van der Waals surface area contributed by atoms with Crippen LogP contribution in [0.3, 0.4) is 0 Å². The molecule has 0 bridgehead atoms. The Labute approximate surface area is 177 Å². The monoisotopic (exact) mass is 417 g/mol. The summed E-state index contributed by atoms with van der Waals surface area (Å²) in [4.78, 5) is 15.1. The summed E-state index contributed by atoms with van der Waals surface area (Å²) in [5.41, 5.74) is 4.66. The Kier molecular flexibility index (Phi) is 4.60. The number of nitrogens with zero attached hydrogens (tertiary/aromatic N) is 2. The molecule has 0 aliphatic carbocycles. The van der Waals surface area contributed by atoms with E-state index in [1.807, 2.05) is 42.5 Å². The van der Waals surface area contributed by atoms with Crippen molar-refractivity contribution in [2.24, 2.45) is 0 Å². The number of H-pyrrole nitrogens is 1. The second kappa shape index (κ2) is 7.43. The molecular weight excluding hydrogens is 401 g/mol. The van der Waals surface area contributed by atoms with Gasteiger partial charge in [-0.05, 0) is 35.4 Å². The van der Waals surface area contributed by atoms with Gasteiger partial charge in [-0.1, -0.05) is 66.2 Å². The van der Waals surface area contributed by atoms with Gasteiger partial charge in [-0.3, -0.25) is 9.89 Å². The zero-order valence-corrected chi connectivity index (χ0v) is 16.6. The SMILES string of the molecule is O=C1c2[nH]nc(-c3ccc(Cl)cc3)c2C(c2ccc(F)cc2)N1Cc1ccccc1. The van der Waals surface area contributed by atoms with Crippen LogP contribution in [0, 0.1) is 5.82 Å². The smallest absolute Gasteiger partial charge is 0.273 e. The normalized spacial score (nSPS) is 15.5. The zero-order valence-electron chi connectivity index (χ0n) is 15.8. The lowest BCUT2D eigenvalue weighted by Gasteiger charge is -2.26. The van der Waals surface area contributed by atoms with Crippen LogP contribution in [0.5, 0.6) is 0 Å². The van der Waals surface area contributed by atoms with Crippen LogP contribution in [0.1, 0.15) is 33.2 Å². The molecule has 1 atom stereocenters. The van der Waals surface area contributed by atoms with Gasteiger partial charge in [0.1, 0.15) is 11.5 Å². The number of fused-ring (bicyclic) bond motifs is 1. The van der Waals surface area contributed by atoms with Crippen LogP contribution in [0.2, 0.25) is 5.02 Å². The number of amides is 1. The summed E-state index contributed by atoms with van der Waals surface area (Å²) in [6, 6.07) is 23.1. The lowest BCUT2D eigenvalue weighted by atomic mass is 9.96. The van der Waals surface area contributed by atoms with E-state index >= 15 is 0 Å². The summed E-state index contributed by atoms with van der Waals surface area (Å²) < 4.78 is 13.6. The minimum atomic E-state index is -0.377. The van der Waals surface area contributed by atoms with Gasteiger partial charge in [-0.2, -0.15) is 5.10 Å². The van der Waals surface area contributed by atoms with E-state index in [0.717, 1.165) is 22.3 Å². The van der Waals surface area contributed by atoms with Crippen LogP contribution < -0.4 is 0 Å². The molecule has 4 aromatic rings. The number of carbonyl (C=O) groups excluding carboxylic acids is 1. The molecule has 0 saturated carbocycles. The highest BCUT2D eigenvalue weighted by Crippen LogP contribution is 2.43. The summed E-state index contributed by atoms with van der Waals surface area (Å²) >= 11 is 6.04. The van der Waals surface area contributed by atoms with E-state index in [4.69, 9.17) is 11.6 Å².